The van der Waals surface area contributed by atoms with E-state index in [9.17, 15) is 14.0 Å². The highest BCUT2D eigenvalue weighted by molar-refractivity contribution is 6.06. The zero-order valence-corrected chi connectivity index (χ0v) is 18.7. The van der Waals surface area contributed by atoms with Gasteiger partial charge in [-0.3, -0.25) is 14.2 Å². The molecule has 0 bridgehead atoms. The van der Waals surface area contributed by atoms with E-state index in [1.807, 2.05) is 61.5 Å². The molecule has 6 nitrogen and oxygen atoms in total. The maximum Gasteiger partial charge on any atom is 0.278 e. The number of fused-ring (bicyclic) bond motifs is 3. The largest absolute Gasteiger partial charge is 0.325 e. The maximum atomic E-state index is 14.1. The second-order valence-electron chi connectivity index (χ2n) is 8.21. The fraction of sp³-hybridized carbons (Fsp3) is 0.148. The van der Waals surface area contributed by atoms with Crippen molar-refractivity contribution in [3.8, 4) is 0 Å². The van der Waals surface area contributed by atoms with Gasteiger partial charge >= 0.3 is 0 Å². The molecule has 34 heavy (non-hydrogen) atoms. The Morgan fingerprint density at radius 3 is 2.59 bits per heavy atom. The van der Waals surface area contributed by atoms with Gasteiger partial charge in [0.2, 0.25) is 5.91 Å². The number of anilines is 1. The first kappa shape index (κ1) is 21.6. The molecule has 0 fully saturated rings. The fourth-order valence-corrected chi connectivity index (χ4v) is 4.24. The Morgan fingerprint density at radius 2 is 1.79 bits per heavy atom. The number of nitrogens with zero attached hydrogens (tertiary/aromatic N) is 3. The van der Waals surface area contributed by atoms with Crippen LogP contribution in [-0.2, 0) is 24.3 Å². The molecule has 0 aliphatic carbocycles. The molecule has 1 N–H and O–H groups in total. The van der Waals surface area contributed by atoms with Crippen LogP contribution in [0, 0.1) is 5.82 Å². The first-order valence-electron chi connectivity index (χ1n) is 11.1. The summed E-state index contributed by atoms with van der Waals surface area (Å²) in [6.45, 7) is 2.29. The van der Waals surface area contributed by atoms with E-state index < -0.39 is 5.82 Å². The van der Waals surface area contributed by atoms with Crippen LogP contribution in [0.1, 0.15) is 18.1 Å². The number of benzene rings is 3. The molecular formula is C27H23FN4O2. The van der Waals surface area contributed by atoms with Gasteiger partial charge in [0.25, 0.3) is 5.56 Å². The third-order valence-electron chi connectivity index (χ3n) is 5.90. The summed E-state index contributed by atoms with van der Waals surface area (Å²) in [5.74, 6) is -0.711. The standard InChI is InChI=1S/C27H23FN4O2/c1-2-18-9-6-10-21(13-18)30-24(33)16-32-23-12-11-20(28)14-22(23)25-26(32)27(34)31(17-29-25)15-19-7-4-3-5-8-19/h3-14,17H,2,15-16H2,1H3,(H,30,33). The van der Waals surface area contributed by atoms with Crippen LogP contribution in [0.4, 0.5) is 10.1 Å². The van der Waals surface area contributed by atoms with Crippen LogP contribution in [0.15, 0.2) is 83.9 Å². The second kappa shape index (κ2) is 8.94. The van der Waals surface area contributed by atoms with Crippen LogP contribution in [-0.4, -0.2) is 20.0 Å². The molecule has 0 saturated heterocycles. The van der Waals surface area contributed by atoms with Gasteiger partial charge in [0, 0.05) is 11.1 Å². The zero-order valence-electron chi connectivity index (χ0n) is 18.7. The Balaban J connectivity index is 1.59. The van der Waals surface area contributed by atoms with Gasteiger partial charge in [0.15, 0.2) is 0 Å². The van der Waals surface area contributed by atoms with E-state index >= 15 is 0 Å². The van der Waals surface area contributed by atoms with Crippen molar-refractivity contribution in [1.29, 1.82) is 0 Å². The van der Waals surface area contributed by atoms with Gasteiger partial charge in [0.05, 0.1) is 18.4 Å². The van der Waals surface area contributed by atoms with Gasteiger partial charge in [0.1, 0.15) is 23.4 Å². The second-order valence-corrected chi connectivity index (χ2v) is 8.21. The Bertz CT molecular complexity index is 1570. The predicted octanol–water partition coefficient (Wildman–Crippen LogP) is 4.74. The van der Waals surface area contributed by atoms with E-state index in [4.69, 9.17) is 0 Å². The normalized spacial score (nSPS) is 11.2. The molecule has 7 heteroatoms. The van der Waals surface area contributed by atoms with Crippen LogP contribution in [0.3, 0.4) is 0 Å². The highest BCUT2D eigenvalue weighted by Gasteiger charge is 2.19. The molecule has 0 atom stereocenters. The van der Waals surface area contributed by atoms with Crippen molar-refractivity contribution < 1.29 is 9.18 Å². The maximum absolute atomic E-state index is 14.1. The summed E-state index contributed by atoms with van der Waals surface area (Å²) in [4.78, 5) is 31.0. The molecule has 3 aromatic carbocycles. The van der Waals surface area contributed by atoms with Crippen molar-refractivity contribution in [2.24, 2.45) is 0 Å². The number of amides is 1. The minimum Gasteiger partial charge on any atom is -0.325 e. The number of hydrogen-bond donors (Lipinski definition) is 1. The minimum absolute atomic E-state index is 0.103. The average molecular weight is 455 g/mol. The fourth-order valence-electron chi connectivity index (χ4n) is 4.24. The number of hydrogen-bond acceptors (Lipinski definition) is 3. The molecule has 0 aliphatic rings. The van der Waals surface area contributed by atoms with Gasteiger partial charge in [-0.2, -0.15) is 0 Å². The number of aromatic nitrogens is 3. The van der Waals surface area contributed by atoms with Crippen molar-refractivity contribution in [3.63, 3.8) is 0 Å². The smallest absolute Gasteiger partial charge is 0.278 e. The van der Waals surface area contributed by atoms with Crippen molar-refractivity contribution >= 4 is 33.5 Å². The number of halogens is 1. The molecule has 0 spiro atoms. The number of carbonyl (C=O) groups is 1. The number of nitrogens with one attached hydrogen (secondary N) is 1. The molecule has 0 unspecified atom stereocenters. The van der Waals surface area contributed by atoms with Gasteiger partial charge in [-0.15, -0.1) is 0 Å². The highest BCUT2D eigenvalue weighted by Crippen LogP contribution is 2.26. The lowest BCUT2D eigenvalue weighted by atomic mass is 10.1. The van der Waals surface area contributed by atoms with Crippen molar-refractivity contribution in [2.45, 2.75) is 26.4 Å². The lowest BCUT2D eigenvalue weighted by molar-refractivity contribution is -0.116. The van der Waals surface area contributed by atoms with E-state index in [0.717, 1.165) is 17.5 Å². The van der Waals surface area contributed by atoms with Crippen molar-refractivity contribution in [2.75, 3.05) is 5.32 Å². The molecule has 0 radical (unpaired) electrons. The third-order valence-corrected chi connectivity index (χ3v) is 5.90. The summed E-state index contributed by atoms with van der Waals surface area (Å²) in [5.41, 5.74) is 3.70. The molecular weight excluding hydrogens is 431 g/mol. The van der Waals surface area contributed by atoms with Gasteiger partial charge in [-0.05, 0) is 47.9 Å². The van der Waals surface area contributed by atoms with Crippen molar-refractivity contribution in [3.05, 3.63) is 106 Å². The SMILES string of the molecule is CCc1cccc(NC(=O)Cn2c3ccc(F)cc3c3ncn(Cc4ccccc4)c(=O)c32)c1. The summed E-state index contributed by atoms with van der Waals surface area (Å²) >= 11 is 0. The third kappa shape index (κ3) is 4.08. The van der Waals surface area contributed by atoms with Crippen LogP contribution >= 0.6 is 0 Å². The first-order valence-corrected chi connectivity index (χ1v) is 11.1. The van der Waals surface area contributed by atoms with Crippen molar-refractivity contribution in [1.82, 2.24) is 14.1 Å². The molecule has 5 rings (SSSR count). The molecule has 1 amide bonds. The van der Waals surface area contributed by atoms with Gasteiger partial charge in [-0.1, -0.05) is 49.4 Å². The summed E-state index contributed by atoms with van der Waals surface area (Å²) < 4.78 is 17.2. The molecule has 170 valence electrons. The number of aryl methyl sites for hydroxylation is 1. The molecule has 0 saturated carbocycles. The molecule has 2 heterocycles. The molecule has 0 aliphatic heterocycles. The average Bonchev–Trinajstić information content (AvgIpc) is 3.14. The topological polar surface area (TPSA) is 68.9 Å². The summed E-state index contributed by atoms with van der Waals surface area (Å²) in [7, 11) is 0. The Hall–Kier alpha value is -4.26. The van der Waals surface area contributed by atoms with E-state index in [1.165, 1.54) is 23.0 Å². The lowest BCUT2D eigenvalue weighted by Crippen LogP contribution is -2.25. The van der Waals surface area contributed by atoms with Crippen LogP contribution < -0.4 is 10.9 Å². The minimum atomic E-state index is -0.428. The summed E-state index contributed by atoms with van der Waals surface area (Å²) in [5, 5.41) is 3.41. The number of carbonyl (C=O) groups excluding carboxylic acids is 1. The van der Waals surface area contributed by atoms with Gasteiger partial charge < -0.3 is 9.88 Å². The number of rotatable bonds is 6. The van der Waals surface area contributed by atoms with Crippen LogP contribution in [0.2, 0.25) is 0 Å². The first-order chi connectivity index (χ1) is 16.5. The highest BCUT2D eigenvalue weighted by atomic mass is 19.1. The lowest BCUT2D eigenvalue weighted by Gasteiger charge is -2.10. The Morgan fingerprint density at radius 1 is 1.00 bits per heavy atom. The van der Waals surface area contributed by atoms with Crippen LogP contribution in [0.25, 0.3) is 21.9 Å². The van der Waals surface area contributed by atoms with E-state index in [1.54, 1.807) is 10.6 Å². The van der Waals surface area contributed by atoms with Gasteiger partial charge in [-0.25, -0.2) is 9.37 Å². The molecule has 5 aromatic rings. The monoisotopic (exact) mass is 454 g/mol. The summed E-state index contributed by atoms with van der Waals surface area (Å²) in [6.07, 6.45) is 2.33. The summed E-state index contributed by atoms with van der Waals surface area (Å²) in [6, 6.07) is 21.5. The Labute approximate surface area is 195 Å². The Kier molecular flexibility index (Phi) is 5.67. The predicted molar refractivity (Wildman–Crippen MR) is 131 cm³/mol. The zero-order chi connectivity index (χ0) is 23.7. The molecule has 2 aromatic heterocycles. The quantitative estimate of drug-likeness (QED) is 0.403. The van der Waals surface area contributed by atoms with E-state index in [0.29, 0.717) is 28.7 Å². The van der Waals surface area contributed by atoms with E-state index in [-0.39, 0.29) is 23.5 Å². The van der Waals surface area contributed by atoms with Crippen LogP contribution in [0.5, 0.6) is 0 Å². The van der Waals surface area contributed by atoms with E-state index in [2.05, 4.69) is 10.3 Å².